The van der Waals surface area contributed by atoms with Crippen molar-refractivity contribution in [3.05, 3.63) is 140 Å². The number of nitrogens with zero attached hydrogens (tertiary/aromatic N) is 3. The molecule has 5 heteroatoms. The minimum absolute atomic E-state index is 0.0692. The second-order valence-corrected chi connectivity index (χ2v) is 10.4. The molecule has 0 unspecified atom stereocenters. The summed E-state index contributed by atoms with van der Waals surface area (Å²) in [5, 5.41) is 1.78. The first-order chi connectivity index (χ1) is 18.1. The van der Waals surface area contributed by atoms with Crippen LogP contribution in [-0.4, -0.2) is 14.1 Å². The zero-order valence-electron chi connectivity index (χ0n) is 20.3. The molecule has 0 spiro atoms. The van der Waals surface area contributed by atoms with Gasteiger partial charge >= 0.3 is 0 Å². The number of hydrogen-bond acceptors (Lipinski definition) is 2. The predicted octanol–water partition coefficient (Wildman–Crippen LogP) is 7.47. The van der Waals surface area contributed by atoms with Crippen molar-refractivity contribution in [1.29, 1.82) is 0 Å². The fraction of sp³-hybridized carbons (Fsp3) is 0.0625. The van der Waals surface area contributed by atoms with Gasteiger partial charge in [0, 0.05) is 32.8 Å². The van der Waals surface area contributed by atoms with E-state index in [0.29, 0.717) is 16.7 Å². The first kappa shape index (κ1) is 23.4. The molecule has 0 N–H and O–H groups in total. The lowest BCUT2D eigenvalue weighted by molar-refractivity contribution is 0.836. The molecule has 0 amide bonds. The van der Waals surface area contributed by atoms with Gasteiger partial charge in [-0.1, -0.05) is 60.7 Å². The van der Waals surface area contributed by atoms with Crippen molar-refractivity contribution >= 4 is 56.5 Å². The van der Waals surface area contributed by atoms with Crippen molar-refractivity contribution < 1.29 is 0 Å². The molecule has 2 heterocycles. The van der Waals surface area contributed by atoms with E-state index in [1.807, 2.05) is 61.5 Å². The molecule has 6 rings (SSSR count). The average Bonchev–Trinajstić information content (AvgIpc) is 3.26. The third-order valence-electron chi connectivity index (χ3n) is 6.54. The highest BCUT2D eigenvalue weighted by atomic mass is 127. The summed E-state index contributed by atoms with van der Waals surface area (Å²) in [6.07, 6.45) is 6.19. The summed E-state index contributed by atoms with van der Waals surface area (Å²) in [7, 11) is 0. The minimum atomic E-state index is -0.0692. The van der Waals surface area contributed by atoms with Gasteiger partial charge in [-0.3, -0.25) is 9.36 Å². The molecule has 4 aromatic carbocycles. The quantitative estimate of drug-likeness (QED) is 0.195. The SMILES string of the molecule is Cc1cccc(-n2c(/C=C/c3cn(Cc4ccccc4)c4ccccc34)nc3ccc(I)cc3c2=O)c1. The van der Waals surface area contributed by atoms with E-state index in [0.717, 1.165) is 32.3 Å². The Morgan fingerprint density at radius 1 is 0.838 bits per heavy atom. The van der Waals surface area contributed by atoms with Crippen LogP contribution in [0, 0.1) is 10.5 Å². The molecule has 2 aromatic heterocycles. The third kappa shape index (κ3) is 4.62. The van der Waals surface area contributed by atoms with E-state index in [9.17, 15) is 4.79 Å². The van der Waals surface area contributed by atoms with E-state index >= 15 is 0 Å². The molecule has 0 aliphatic carbocycles. The van der Waals surface area contributed by atoms with Crippen molar-refractivity contribution in [3.63, 3.8) is 0 Å². The molecule has 0 fully saturated rings. The normalized spacial score (nSPS) is 11.6. The Labute approximate surface area is 228 Å². The highest BCUT2D eigenvalue weighted by Crippen LogP contribution is 2.25. The van der Waals surface area contributed by atoms with Crippen molar-refractivity contribution in [2.24, 2.45) is 0 Å². The van der Waals surface area contributed by atoms with E-state index in [1.165, 1.54) is 11.1 Å². The van der Waals surface area contributed by atoms with Crippen LogP contribution in [0.25, 0.3) is 39.6 Å². The molecule has 0 bridgehead atoms. The average molecular weight is 593 g/mol. The maximum Gasteiger partial charge on any atom is 0.266 e. The minimum Gasteiger partial charge on any atom is -0.342 e. The number of aromatic nitrogens is 3. The molecule has 0 radical (unpaired) electrons. The third-order valence-corrected chi connectivity index (χ3v) is 7.21. The molecule has 6 aromatic rings. The Balaban J connectivity index is 1.51. The monoisotopic (exact) mass is 593 g/mol. The Kier molecular flexibility index (Phi) is 6.22. The van der Waals surface area contributed by atoms with E-state index in [1.54, 1.807) is 4.57 Å². The standard InChI is InChI=1S/C32H24IN3O/c1-22-8-7-11-26(18-22)36-31(34-29-16-15-25(33)19-28(29)32(36)37)17-14-24-21-35(20-23-9-3-2-4-10-23)30-13-6-5-12-27(24)30/h2-19,21H,20H2,1H3/b17-14+. The second-order valence-electron chi connectivity index (χ2n) is 9.16. The van der Waals surface area contributed by atoms with Gasteiger partial charge in [-0.25, -0.2) is 4.98 Å². The summed E-state index contributed by atoms with van der Waals surface area (Å²) >= 11 is 2.24. The van der Waals surface area contributed by atoms with E-state index in [-0.39, 0.29) is 5.56 Å². The predicted molar refractivity (Wildman–Crippen MR) is 161 cm³/mol. The van der Waals surface area contributed by atoms with Crippen molar-refractivity contribution in [3.8, 4) is 5.69 Å². The summed E-state index contributed by atoms with van der Waals surface area (Å²) in [6.45, 7) is 2.82. The summed E-state index contributed by atoms with van der Waals surface area (Å²) in [6, 6.07) is 32.7. The van der Waals surface area contributed by atoms with Gasteiger partial charge in [-0.15, -0.1) is 0 Å². The highest BCUT2D eigenvalue weighted by molar-refractivity contribution is 14.1. The molecule has 37 heavy (non-hydrogen) atoms. The smallest absolute Gasteiger partial charge is 0.266 e. The van der Waals surface area contributed by atoms with Crippen molar-refractivity contribution in [2.45, 2.75) is 13.5 Å². The van der Waals surface area contributed by atoms with Crippen LogP contribution in [0.4, 0.5) is 0 Å². The summed E-state index contributed by atoms with van der Waals surface area (Å²) in [5.41, 5.74) is 6.02. The van der Waals surface area contributed by atoms with Gasteiger partial charge in [0.25, 0.3) is 5.56 Å². The molecular weight excluding hydrogens is 569 g/mol. The van der Waals surface area contributed by atoms with Crippen LogP contribution in [0.2, 0.25) is 0 Å². The molecular formula is C32H24IN3O. The maximum absolute atomic E-state index is 13.7. The molecule has 0 saturated carbocycles. The van der Waals surface area contributed by atoms with Crippen LogP contribution in [0.3, 0.4) is 0 Å². The Morgan fingerprint density at radius 3 is 2.49 bits per heavy atom. The lowest BCUT2D eigenvalue weighted by atomic mass is 10.1. The topological polar surface area (TPSA) is 39.8 Å². The maximum atomic E-state index is 13.7. The van der Waals surface area contributed by atoms with Gasteiger partial charge in [0.15, 0.2) is 0 Å². The van der Waals surface area contributed by atoms with E-state index in [4.69, 9.17) is 4.98 Å². The molecule has 0 aliphatic heterocycles. The largest absolute Gasteiger partial charge is 0.342 e. The Bertz CT molecular complexity index is 1850. The van der Waals surface area contributed by atoms with Gasteiger partial charge in [0.05, 0.1) is 16.6 Å². The van der Waals surface area contributed by atoms with Gasteiger partial charge in [0.2, 0.25) is 0 Å². The number of halogens is 1. The summed E-state index contributed by atoms with van der Waals surface area (Å²) in [4.78, 5) is 18.6. The van der Waals surface area contributed by atoms with Gasteiger partial charge in [-0.2, -0.15) is 0 Å². The van der Waals surface area contributed by atoms with Crippen LogP contribution in [-0.2, 0) is 6.54 Å². The lowest BCUT2D eigenvalue weighted by Crippen LogP contribution is -2.22. The van der Waals surface area contributed by atoms with Gasteiger partial charge < -0.3 is 4.57 Å². The van der Waals surface area contributed by atoms with Crippen LogP contribution in [0.1, 0.15) is 22.5 Å². The number of hydrogen-bond donors (Lipinski definition) is 0. The fourth-order valence-corrected chi connectivity index (χ4v) is 5.28. The number of benzene rings is 4. The highest BCUT2D eigenvalue weighted by Gasteiger charge is 2.13. The zero-order valence-corrected chi connectivity index (χ0v) is 22.5. The van der Waals surface area contributed by atoms with Crippen LogP contribution in [0.5, 0.6) is 0 Å². The van der Waals surface area contributed by atoms with Crippen LogP contribution in [0.15, 0.2) is 108 Å². The number of rotatable bonds is 5. The molecule has 0 saturated heterocycles. The van der Waals surface area contributed by atoms with Crippen LogP contribution >= 0.6 is 22.6 Å². The first-order valence-electron chi connectivity index (χ1n) is 12.2. The summed E-state index contributed by atoms with van der Waals surface area (Å²) < 4.78 is 4.99. The zero-order chi connectivity index (χ0) is 25.4. The molecule has 4 nitrogen and oxygen atoms in total. The Hall–Kier alpha value is -3.97. The van der Waals surface area contributed by atoms with Crippen LogP contribution < -0.4 is 5.56 Å². The summed E-state index contributed by atoms with van der Waals surface area (Å²) in [5.74, 6) is 0.601. The molecule has 180 valence electrons. The fourth-order valence-electron chi connectivity index (χ4n) is 4.79. The van der Waals surface area contributed by atoms with Crippen molar-refractivity contribution in [2.75, 3.05) is 0 Å². The number of fused-ring (bicyclic) bond motifs is 2. The molecule has 0 aliphatic rings. The van der Waals surface area contributed by atoms with Crippen molar-refractivity contribution in [1.82, 2.24) is 14.1 Å². The van der Waals surface area contributed by atoms with Gasteiger partial charge in [0.1, 0.15) is 5.82 Å². The number of para-hydroxylation sites is 1. The van der Waals surface area contributed by atoms with E-state index < -0.39 is 0 Å². The first-order valence-corrected chi connectivity index (χ1v) is 13.2. The second kappa shape index (κ2) is 9.82. The van der Waals surface area contributed by atoms with E-state index in [2.05, 4.69) is 88.0 Å². The molecule has 0 atom stereocenters. The lowest BCUT2D eigenvalue weighted by Gasteiger charge is -2.12. The number of aryl methyl sites for hydroxylation is 1. The van der Waals surface area contributed by atoms with Gasteiger partial charge in [-0.05, 0) is 89.2 Å². The Morgan fingerprint density at radius 2 is 1.65 bits per heavy atom.